The molecule has 0 saturated heterocycles. The normalized spacial score (nSPS) is 9.93. The zero-order valence-corrected chi connectivity index (χ0v) is 7.59. The molecule has 1 N–H and O–H groups in total. The van der Waals surface area contributed by atoms with Crippen molar-refractivity contribution in [1.82, 2.24) is 4.98 Å². The van der Waals surface area contributed by atoms with Crippen molar-refractivity contribution in [3.05, 3.63) is 47.8 Å². The fraction of sp³-hybridized carbons (Fsp3) is 0. The first-order valence-electron chi connectivity index (χ1n) is 4.24. The number of aromatic amines is 1. The Morgan fingerprint density at radius 1 is 1.13 bits per heavy atom. The molecule has 0 saturated carbocycles. The van der Waals surface area contributed by atoms with E-state index in [1.807, 2.05) is 6.07 Å². The predicted molar refractivity (Wildman–Crippen MR) is 50.9 cm³/mol. The van der Waals surface area contributed by atoms with Crippen molar-refractivity contribution in [3.63, 3.8) is 0 Å². The summed E-state index contributed by atoms with van der Waals surface area (Å²) in [7, 11) is 0. The van der Waals surface area contributed by atoms with E-state index in [1.54, 1.807) is 0 Å². The first-order valence-corrected chi connectivity index (χ1v) is 4.24. The maximum atomic E-state index is 13.4. The Bertz CT molecular complexity index is 538. The summed E-state index contributed by atoms with van der Waals surface area (Å²) in [6.07, 6.45) is 2.98. The second kappa shape index (κ2) is 3.54. The topological polar surface area (TPSA) is 39.6 Å². The van der Waals surface area contributed by atoms with Crippen molar-refractivity contribution in [2.75, 3.05) is 0 Å². The highest BCUT2D eigenvalue weighted by Crippen LogP contribution is 2.26. The van der Waals surface area contributed by atoms with Gasteiger partial charge in [0.15, 0.2) is 0 Å². The van der Waals surface area contributed by atoms with Crippen LogP contribution in [0.2, 0.25) is 0 Å². The van der Waals surface area contributed by atoms with Crippen LogP contribution in [0, 0.1) is 23.0 Å². The number of nitrogens with one attached hydrogen (secondary N) is 1. The SMILES string of the molecule is N#Cc1c[nH]cc1-c1ccc(F)cc1F. The highest BCUT2D eigenvalue weighted by atomic mass is 19.1. The van der Waals surface area contributed by atoms with Crippen molar-refractivity contribution in [3.8, 4) is 17.2 Å². The second-order valence-corrected chi connectivity index (χ2v) is 3.02. The van der Waals surface area contributed by atoms with Crippen molar-refractivity contribution in [1.29, 1.82) is 5.26 Å². The molecule has 2 rings (SSSR count). The quantitative estimate of drug-likeness (QED) is 0.762. The lowest BCUT2D eigenvalue weighted by atomic mass is 10.0. The third-order valence-electron chi connectivity index (χ3n) is 2.09. The number of nitriles is 1. The molecule has 0 fully saturated rings. The van der Waals surface area contributed by atoms with Gasteiger partial charge in [0, 0.05) is 29.6 Å². The smallest absolute Gasteiger partial charge is 0.134 e. The van der Waals surface area contributed by atoms with E-state index in [2.05, 4.69) is 4.98 Å². The Morgan fingerprint density at radius 2 is 1.93 bits per heavy atom. The molecule has 1 heterocycles. The minimum Gasteiger partial charge on any atom is -0.366 e. The van der Waals surface area contributed by atoms with Crippen LogP contribution in [0.25, 0.3) is 11.1 Å². The molecule has 15 heavy (non-hydrogen) atoms. The van der Waals surface area contributed by atoms with E-state index in [0.29, 0.717) is 11.1 Å². The van der Waals surface area contributed by atoms with Gasteiger partial charge in [-0.25, -0.2) is 8.78 Å². The lowest BCUT2D eigenvalue weighted by Gasteiger charge is -2.00. The molecule has 1 aromatic carbocycles. The molecule has 0 aliphatic carbocycles. The fourth-order valence-corrected chi connectivity index (χ4v) is 1.39. The average molecular weight is 204 g/mol. The first kappa shape index (κ1) is 9.41. The van der Waals surface area contributed by atoms with E-state index < -0.39 is 11.6 Å². The van der Waals surface area contributed by atoms with Gasteiger partial charge in [-0.15, -0.1) is 0 Å². The maximum Gasteiger partial charge on any atom is 0.134 e. The number of hydrogen-bond donors (Lipinski definition) is 1. The number of hydrogen-bond acceptors (Lipinski definition) is 1. The first-order chi connectivity index (χ1) is 7.22. The van der Waals surface area contributed by atoms with Crippen LogP contribution >= 0.6 is 0 Å². The number of halogens is 2. The summed E-state index contributed by atoms with van der Waals surface area (Å²) in [4.78, 5) is 2.71. The molecule has 0 amide bonds. The number of rotatable bonds is 1. The van der Waals surface area contributed by atoms with Gasteiger partial charge >= 0.3 is 0 Å². The standard InChI is InChI=1S/C11H6F2N2/c12-8-1-2-9(11(13)3-8)10-6-15-5-7(10)4-14/h1-3,5-6,15H. The van der Waals surface area contributed by atoms with Crippen LogP contribution in [0.15, 0.2) is 30.6 Å². The lowest BCUT2D eigenvalue weighted by Crippen LogP contribution is -1.86. The van der Waals surface area contributed by atoms with Crippen molar-refractivity contribution in [2.24, 2.45) is 0 Å². The molecular formula is C11H6F2N2. The summed E-state index contributed by atoms with van der Waals surface area (Å²) < 4.78 is 26.0. The average Bonchev–Trinajstić information content (AvgIpc) is 2.65. The zero-order chi connectivity index (χ0) is 10.8. The Kier molecular flexibility index (Phi) is 2.22. The van der Waals surface area contributed by atoms with Gasteiger partial charge in [0.2, 0.25) is 0 Å². The largest absolute Gasteiger partial charge is 0.366 e. The lowest BCUT2D eigenvalue weighted by molar-refractivity contribution is 0.585. The van der Waals surface area contributed by atoms with E-state index in [0.717, 1.165) is 12.1 Å². The van der Waals surface area contributed by atoms with Crippen LogP contribution in [0.4, 0.5) is 8.78 Å². The van der Waals surface area contributed by atoms with Gasteiger partial charge in [-0.05, 0) is 12.1 Å². The van der Waals surface area contributed by atoms with Gasteiger partial charge in [-0.3, -0.25) is 0 Å². The summed E-state index contributed by atoms with van der Waals surface area (Å²) in [5, 5.41) is 8.75. The predicted octanol–water partition coefficient (Wildman–Crippen LogP) is 2.83. The van der Waals surface area contributed by atoms with E-state index in [1.165, 1.54) is 18.5 Å². The van der Waals surface area contributed by atoms with Crippen LogP contribution in [0.1, 0.15) is 5.56 Å². The molecule has 0 aliphatic heterocycles. The summed E-state index contributed by atoms with van der Waals surface area (Å²) in [6, 6.07) is 5.19. The monoisotopic (exact) mass is 204 g/mol. The number of benzene rings is 1. The van der Waals surface area contributed by atoms with E-state index >= 15 is 0 Å². The Morgan fingerprint density at radius 3 is 2.60 bits per heavy atom. The molecule has 0 bridgehead atoms. The summed E-state index contributed by atoms with van der Waals surface area (Å²) >= 11 is 0. The Balaban J connectivity index is 2.60. The summed E-state index contributed by atoms with van der Waals surface area (Å²) in [6.45, 7) is 0. The number of H-pyrrole nitrogens is 1. The van der Waals surface area contributed by atoms with Gasteiger partial charge in [0.25, 0.3) is 0 Å². The zero-order valence-electron chi connectivity index (χ0n) is 7.59. The van der Waals surface area contributed by atoms with Crippen LogP contribution in [-0.2, 0) is 0 Å². The minimum atomic E-state index is -0.675. The van der Waals surface area contributed by atoms with Crippen molar-refractivity contribution < 1.29 is 8.78 Å². The molecule has 0 atom stereocenters. The molecule has 0 spiro atoms. The fourth-order valence-electron chi connectivity index (χ4n) is 1.39. The third-order valence-corrected chi connectivity index (χ3v) is 2.09. The number of aromatic nitrogens is 1. The minimum absolute atomic E-state index is 0.217. The van der Waals surface area contributed by atoms with Crippen LogP contribution < -0.4 is 0 Å². The van der Waals surface area contributed by atoms with E-state index in [9.17, 15) is 8.78 Å². The molecule has 0 unspecified atom stereocenters. The Labute approximate surface area is 84.8 Å². The van der Waals surface area contributed by atoms with E-state index in [4.69, 9.17) is 5.26 Å². The molecule has 1 aromatic heterocycles. The molecule has 2 nitrogen and oxygen atoms in total. The molecular weight excluding hydrogens is 198 g/mol. The molecule has 0 aliphatic rings. The van der Waals surface area contributed by atoms with Gasteiger partial charge in [0.1, 0.15) is 17.7 Å². The summed E-state index contributed by atoms with van der Waals surface area (Å²) in [5.41, 5.74) is 0.990. The third kappa shape index (κ3) is 1.59. The van der Waals surface area contributed by atoms with Crippen LogP contribution in [0.3, 0.4) is 0 Å². The highest BCUT2D eigenvalue weighted by Gasteiger charge is 2.10. The Hall–Kier alpha value is -2.15. The molecule has 0 radical (unpaired) electrons. The highest BCUT2D eigenvalue weighted by molar-refractivity contribution is 5.70. The maximum absolute atomic E-state index is 13.4. The van der Waals surface area contributed by atoms with Crippen LogP contribution in [0.5, 0.6) is 0 Å². The second-order valence-electron chi connectivity index (χ2n) is 3.02. The van der Waals surface area contributed by atoms with E-state index in [-0.39, 0.29) is 5.56 Å². The van der Waals surface area contributed by atoms with Gasteiger partial charge < -0.3 is 4.98 Å². The van der Waals surface area contributed by atoms with Gasteiger partial charge in [0.05, 0.1) is 5.56 Å². The van der Waals surface area contributed by atoms with Crippen molar-refractivity contribution in [2.45, 2.75) is 0 Å². The number of nitrogens with zero attached hydrogens (tertiary/aromatic N) is 1. The van der Waals surface area contributed by atoms with Crippen LogP contribution in [-0.4, -0.2) is 4.98 Å². The van der Waals surface area contributed by atoms with Crippen molar-refractivity contribution >= 4 is 0 Å². The molecule has 74 valence electrons. The summed E-state index contributed by atoms with van der Waals surface area (Å²) in [5.74, 6) is -1.31. The molecule has 2 aromatic rings. The molecule has 4 heteroatoms. The van der Waals surface area contributed by atoms with Gasteiger partial charge in [-0.2, -0.15) is 5.26 Å². The van der Waals surface area contributed by atoms with Gasteiger partial charge in [-0.1, -0.05) is 0 Å².